The maximum Gasteiger partial charge on any atom is 0.338 e. The van der Waals surface area contributed by atoms with Gasteiger partial charge in [0.05, 0.1) is 16.1 Å². The molecular formula is C24H23N5O4S. The van der Waals surface area contributed by atoms with Gasteiger partial charge in [-0.1, -0.05) is 66.4 Å². The molecule has 4 rings (SSSR count). The number of nitrogens with one attached hydrogen (secondary N) is 1. The van der Waals surface area contributed by atoms with Crippen LogP contribution in [-0.4, -0.2) is 32.3 Å². The van der Waals surface area contributed by atoms with Crippen LogP contribution < -0.4 is 5.32 Å². The number of nitrogens with zero attached hydrogens (tertiary/aromatic N) is 4. The molecule has 0 fully saturated rings. The number of nitro benzene ring substituents is 1. The molecule has 1 N–H and O–H groups in total. The lowest BCUT2D eigenvalue weighted by Crippen LogP contribution is -2.30. The van der Waals surface area contributed by atoms with Gasteiger partial charge in [0.2, 0.25) is 11.1 Å². The fourth-order valence-corrected chi connectivity index (χ4v) is 4.56. The molecule has 174 valence electrons. The number of benzene rings is 2. The standard InChI is InChI=1S/C24H23N5O4S/c1-4-12-33-22(30)20-16(3)25-23-26-24(34-14-17-9-7-8-15(2)13-17)27-28(23)21(20)18-10-5-6-11-19(18)29(31)32/h4-11,13,21H,1,12,14H2,2-3H3,(H,25,26,27). The fourth-order valence-electron chi connectivity index (χ4n) is 3.79. The van der Waals surface area contributed by atoms with E-state index in [1.54, 1.807) is 25.1 Å². The van der Waals surface area contributed by atoms with Gasteiger partial charge in [0.1, 0.15) is 12.6 Å². The van der Waals surface area contributed by atoms with E-state index in [0.29, 0.717) is 28.1 Å². The summed E-state index contributed by atoms with van der Waals surface area (Å²) >= 11 is 1.44. The SMILES string of the molecule is C=CCOC(=O)C1=C(C)Nc2nc(SCc3cccc(C)c3)nn2C1c1ccccc1[N+](=O)[O-]. The molecule has 0 saturated carbocycles. The molecule has 3 aromatic rings. The summed E-state index contributed by atoms with van der Waals surface area (Å²) in [7, 11) is 0. The van der Waals surface area contributed by atoms with Gasteiger partial charge in [-0.05, 0) is 25.5 Å². The van der Waals surface area contributed by atoms with Crippen molar-refractivity contribution < 1.29 is 14.5 Å². The first-order valence-corrected chi connectivity index (χ1v) is 11.5. The molecule has 1 aliphatic rings. The van der Waals surface area contributed by atoms with E-state index in [2.05, 4.69) is 28.0 Å². The van der Waals surface area contributed by atoms with Crippen molar-refractivity contribution in [1.29, 1.82) is 0 Å². The van der Waals surface area contributed by atoms with Gasteiger partial charge in [-0.3, -0.25) is 10.1 Å². The minimum absolute atomic E-state index is 0.0149. The third-order valence-electron chi connectivity index (χ3n) is 5.26. The van der Waals surface area contributed by atoms with Crippen LogP contribution in [0.5, 0.6) is 0 Å². The van der Waals surface area contributed by atoms with Gasteiger partial charge in [0.25, 0.3) is 5.69 Å². The third-order valence-corrected chi connectivity index (χ3v) is 6.17. The Hall–Kier alpha value is -3.92. The average Bonchev–Trinajstić information content (AvgIpc) is 3.22. The van der Waals surface area contributed by atoms with E-state index < -0.39 is 16.9 Å². The highest BCUT2D eigenvalue weighted by atomic mass is 32.2. The van der Waals surface area contributed by atoms with Crippen LogP contribution in [0.3, 0.4) is 0 Å². The molecule has 9 nitrogen and oxygen atoms in total. The molecule has 0 bridgehead atoms. The van der Waals surface area contributed by atoms with Crippen LogP contribution in [0.25, 0.3) is 0 Å². The predicted octanol–water partition coefficient (Wildman–Crippen LogP) is 4.81. The normalized spacial score (nSPS) is 14.8. The number of thioether (sulfide) groups is 1. The van der Waals surface area contributed by atoms with E-state index in [4.69, 9.17) is 4.74 Å². The molecule has 10 heteroatoms. The van der Waals surface area contributed by atoms with E-state index in [9.17, 15) is 14.9 Å². The number of para-hydroxylation sites is 1. The molecule has 2 aromatic carbocycles. The topological polar surface area (TPSA) is 112 Å². The second kappa shape index (κ2) is 9.92. The second-order valence-corrected chi connectivity index (χ2v) is 8.65. The zero-order valence-electron chi connectivity index (χ0n) is 18.7. The molecule has 2 heterocycles. The minimum Gasteiger partial charge on any atom is -0.458 e. The van der Waals surface area contributed by atoms with Crippen molar-refractivity contribution in [3.63, 3.8) is 0 Å². The van der Waals surface area contributed by atoms with Crippen LogP contribution in [0.4, 0.5) is 11.6 Å². The number of ether oxygens (including phenoxy) is 1. The number of allylic oxidation sites excluding steroid dienone is 1. The van der Waals surface area contributed by atoms with Gasteiger partial charge in [-0.2, -0.15) is 4.98 Å². The monoisotopic (exact) mass is 477 g/mol. The summed E-state index contributed by atoms with van der Waals surface area (Å²) in [5, 5.41) is 20.0. The molecule has 0 radical (unpaired) electrons. The quantitative estimate of drug-likeness (QED) is 0.162. The Morgan fingerprint density at radius 3 is 2.82 bits per heavy atom. The van der Waals surface area contributed by atoms with Gasteiger partial charge in [0.15, 0.2) is 0 Å². The van der Waals surface area contributed by atoms with Gasteiger partial charge >= 0.3 is 5.97 Å². The second-order valence-electron chi connectivity index (χ2n) is 7.71. The van der Waals surface area contributed by atoms with E-state index in [1.807, 2.05) is 25.1 Å². The summed E-state index contributed by atoms with van der Waals surface area (Å²) in [5.74, 6) is 0.442. The third kappa shape index (κ3) is 4.72. The fraction of sp³-hybridized carbons (Fsp3) is 0.208. The number of esters is 1. The number of fused-ring (bicyclic) bond motifs is 1. The van der Waals surface area contributed by atoms with Crippen molar-refractivity contribution in [3.05, 3.63) is 99.3 Å². The number of hydrogen-bond donors (Lipinski definition) is 1. The number of nitro groups is 1. The van der Waals surface area contributed by atoms with Crippen molar-refractivity contribution in [2.45, 2.75) is 30.8 Å². The van der Waals surface area contributed by atoms with Crippen LogP contribution in [0, 0.1) is 17.0 Å². The van der Waals surface area contributed by atoms with Crippen molar-refractivity contribution >= 4 is 29.4 Å². The summed E-state index contributed by atoms with van der Waals surface area (Å²) < 4.78 is 6.81. The molecule has 1 atom stereocenters. The smallest absolute Gasteiger partial charge is 0.338 e. The maximum absolute atomic E-state index is 13.0. The Morgan fingerprint density at radius 1 is 1.29 bits per heavy atom. The van der Waals surface area contributed by atoms with E-state index >= 15 is 0 Å². The summed E-state index contributed by atoms with van der Waals surface area (Å²) in [5.41, 5.74) is 3.21. The minimum atomic E-state index is -0.879. The van der Waals surface area contributed by atoms with E-state index in [1.165, 1.54) is 28.6 Å². The highest BCUT2D eigenvalue weighted by molar-refractivity contribution is 7.98. The van der Waals surface area contributed by atoms with E-state index in [0.717, 1.165) is 11.1 Å². The van der Waals surface area contributed by atoms with Crippen molar-refractivity contribution in [2.75, 3.05) is 11.9 Å². The van der Waals surface area contributed by atoms with Gasteiger partial charge < -0.3 is 10.1 Å². The van der Waals surface area contributed by atoms with Crippen molar-refractivity contribution in [1.82, 2.24) is 14.8 Å². The highest BCUT2D eigenvalue weighted by Gasteiger charge is 2.38. The maximum atomic E-state index is 13.0. The molecule has 0 amide bonds. The summed E-state index contributed by atoms with van der Waals surface area (Å²) in [6.07, 6.45) is 1.46. The number of anilines is 1. The molecular weight excluding hydrogens is 454 g/mol. The predicted molar refractivity (Wildman–Crippen MR) is 129 cm³/mol. The molecule has 0 saturated heterocycles. The van der Waals surface area contributed by atoms with Crippen LogP contribution in [-0.2, 0) is 15.3 Å². The molecule has 34 heavy (non-hydrogen) atoms. The number of carbonyl (C=O) groups is 1. The van der Waals surface area contributed by atoms with Gasteiger partial charge in [0, 0.05) is 17.5 Å². The van der Waals surface area contributed by atoms with E-state index in [-0.39, 0.29) is 17.9 Å². The van der Waals surface area contributed by atoms with Gasteiger partial charge in [-0.15, -0.1) is 5.10 Å². The molecule has 0 aliphatic carbocycles. The Kier molecular flexibility index (Phi) is 6.78. The molecule has 0 spiro atoms. The Balaban J connectivity index is 1.75. The summed E-state index contributed by atoms with van der Waals surface area (Å²) in [6, 6.07) is 13.6. The lowest BCUT2D eigenvalue weighted by atomic mass is 9.94. The number of aromatic nitrogens is 3. The number of carbonyl (C=O) groups excluding carboxylic acids is 1. The molecule has 1 unspecified atom stereocenters. The lowest BCUT2D eigenvalue weighted by molar-refractivity contribution is -0.385. The first-order chi connectivity index (χ1) is 16.4. The molecule has 1 aliphatic heterocycles. The lowest BCUT2D eigenvalue weighted by Gasteiger charge is -2.27. The number of rotatable bonds is 8. The zero-order chi connectivity index (χ0) is 24.2. The Morgan fingerprint density at radius 2 is 2.09 bits per heavy atom. The molecule has 1 aromatic heterocycles. The largest absolute Gasteiger partial charge is 0.458 e. The average molecular weight is 478 g/mol. The van der Waals surface area contributed by atoms with Crippen LogP contribution in [0.1, 0.15) is 29.7 Å². The van der Waals surface area contributed by atoms with Crippen LogP contribution >= 0.6 is 11.8 Å². The van der Waals surface area contributed by atoms with Crippen LogP contribution in [0.15, 0.2) is 77.6 Å². The Labute approximate surface area is 200 Å². The summed E-state index contributed by atoms with van der Waals surface area (Å²) in [4.78, 5) is 28.9. The number of aryl methyl sites for hydroxylation is 1. The first-order valence-electron chi connectivity index (χ1n) is 10.5. The van der Waals surface area contributed by atoms with Gasteiger partial charge in [-0.25, -0.2) is 9.48 Å². The summed E-state index contributed by atoms with van der Waals surface area (Å²) in [6.45, 7) is 7.33. The number of hydrogen-bond acceptors (Lipinski definition) is 8. The van der Waals surface area contributed by atoms with Crippen molar-refractivity contribution in [3.8, 4) is 0 Å². The zero-order valence-corrected chi connectivity index (χ0v) is 19.5. The Bertz CT molecular complexity index is 1300. The van der Waals surface area contributed by atoms with Crippen LogP contribution in [0.2, 0.25) is 0 Å². The highest BCUT2D eigenvalue weighted by Crippen LogP contribution is 2.40. The van der Waals surface area contributed by atoms with Crippen molar-refractivity contribution in [2.24, 2.45) is 0 Å². The first kappa shape index (κ1) is 23.2.